The summed E-state index contributed by atoms with van der Waals surface area (Å²) in [5, 5.41) is 24.7. The largest absolute Gasteiger partial charge is 0.508 e. The van der Waals surface area contributed by atoms with Crippen molar-refractivity contribution in [2.24, 2.45) is 7.05 Å². The Morgan fingerprint density at radius 3 is 2.75 bits per heavy atom. The number of hydrogen-bond donors (Lipinski definition) is 3. The summed E-state index contributed by atoms with van der Waals surface area (Å²) >= 11 is 0. The molecule has 1 aliphatic rings. The maximum atomic E-state index is 14.2. The van der Waals surface area contributed by atoms with Gasteiger partial charge in [0.1, 0.15) is 23.7 Å². The van der Waals surface area contributed by atoms with Crippen molar-refractivity contribution in [3.8, 4) is 5.75 Å². The van der Waals surface area contributed by atoms with Crippen LogP contribution in [0, 0.1) is 5.82 Å². The molecule has 5 rings (SSSR count). The van der Waals surface area contributed by atoms with Gasteiger partial charge < -0.3 is 10.4 Å². The second-order valence-electron chi connectivity index (χ2n) is 6.75. The summed E-state index contributed by atoms with van der Waals surface area (Å²) in [6, 6.07) is 8.93. The molecule has 3 N–H and O–H groups in total. The summed E-state index contributed by atoms with van der Waals surface area (Å²) in [6.07, 6.45) is 1.45. The molecular formula is C19H19FN6O2. The lowest BCUT2D eigenvalue weighted by molar-refractivity contribution is 0.474. The number of aromatic amines is 1. The van der Waals surface area contributed by atoms with Gasteiger partial charge in [0.05, 0.1) is 23.0 Å². The van der Waals surface area contributed by atoms with E-state index in [4.69, 9.17) is 0 Å². The second-order valence-corrected chi connectivity index (χ2v) is 6.75. The van der Waals surface area contributed by atoms with Crippen molar-refractivity contribution in [3.63, 3.8) is 0 Å². The fourth-order valence-corrected chi connectivity index (χ4v) is 3.85. The van der Waals surface area contributed by atoms with Gasteiger partial charge in [-0.25, -0.2) is 14.5 Å². The Morgan fingerprint density at radius 1 is 1.25 bits per heavy atom. The van der Waals surface area contributed by atoms with Crippen molar-refractivity contribution in [3.05, 3.63) is 76.0 Å². The van der Waals surface area contributed by atoms with E-state index in [1.165, 1.54) is 18.5 Å². The second kappa shape index (κ2) is 5.88. The molecule has 2 atom stereocenters. The number of aromatic nitrogens is 5. The third-order valence-electron chi connectivity index (χ3n) is 5.10. The zero-order valence-corrected chi connectivity index (χ0v) is 14.7. The maximum Gasteiger partial charge on any atom is 0.272 e. The predicted molar refractivity (Wildman–Crippen MR) is 104 cm³/mol. The molecule has 2 aromatic heterocycles. The lowest BCUT2D eigenvalue weighted by Crippen LogP contribution is -2.30. The number of aromatic hydroxyl groups is 1. The number of nitrogens with zero attached hydrogens (tertiary/aromatic N) is 4. The van der Waals surface area contributed by atoms with Crippen molar-refractivity contribution in [1.29, 1.82) is 0 Å². The number of phenolic OH excluding ortho intramolecular Hbond substituents is 1. The molecule has 2 aromatic carbocycles. The van der Waals surface area contributed by atoms with Crippen LogP contribution in [0.25, 0.3) is 10.8 Å². The van der Waals surface area contributed by atoms with E-state index in [0.717, 1.165) is 5.56 Å². The Kier molecular flexibility index (Phi) is 3.45. The van der Waals surface area contributed by atoms with Crippen LogP contribution in [0.4, 0.5) is 10.1 Å². The fourth-order valence-electron chi connectivity index (χ4n) is 3.85. The first kappa shape index (κ1) is 16.4. The van der Waals surface area contributed by atoms with Gasteiger partial charge in [-0.15, -0.1) is 0 Å². The minimum atomic E-state index is -0.515. The number of rotatable bonds is 2. The monoisotopic (exact) mass is 382 g/mol. The van der Waals surface area contributed by atoms with Crippen molar-refractivity contribution in [1.82, 2.24) is 25.0 Å². The quantitative estimate of drug-likeness (QED) is 0.492. The van der Waals surface area contributed by atoms with Crippen LogP contribution in [0.2, 0.25) is 0 Å². The Morgan fingerprint density at radius 2 is 2.04 bits per heavy atom. The van der Waals surface area contributed by atoms with E-state index in [2.05, 4.69) is 25.6 Å². The fraction of sp³-hybridized carbons (Fsp3) is 0.158. The van der Waals surface area contributed by atoms with Crippen LogP contribution < -0.4 is 10.9 Å². The zero-order valence-electron chi connectivity index (χ0n) is 14.7. The van der Waals surface area contributed by atoms with Crippen LogP contribution in [0.15, 0.2) is 47.5 Å². The topological polar surface area (TPSA) is 109 Å². The van der Waals surface area contributed by atoms with E-state index in [9.17, 15) is 14.3 Å². The van der Waals surface area contributed by atoms with Crippen LogP contribution >= 0.6 is 0 Å². The van der Waals surface area contributed by atoms with Crippen LogP contribution in [0.5, 0.6) is 5.75 Å². The molecule has 0 saturated heterocycles. The Bertz CT molecular complexity index is 1270. The van der Waals surface area contributed by atoms with E-state index >= 15 is 0 Å². The molecule has 0 fully saturated rings. The van der Waals surface area contributed by atoms with Gasteiger partial charge in [-0.05, 0) is 29.8 Å². The lowest BCUT2D eigenvalue weighted by Gasteiger charge is -2.33. The smallest absolute Gasteiger partial charge is 0.272 e. The third kappa shape index (κ3) is 2.36. The molecule has 0 radical (unpaired) electrons. The highest BCUT2D eigenvalue weighted by Gasteiger charge is 2.37. The molecule has 144 valence electrons. The summed E-state index contributed by atoms with van der Waals surface area (Å²) in [4.78, 5) is 16.6. The number of anilines is 1. The van der Waals surface area contributed by atoms with Crippen molar-refractivity contribution in [2.75, 3.05) is 5.32 Å². The standard InChI is InChI=1S/C19H15FN6O2.2H2/c1-26-18(21-8-22-26)15-16(9-2-4-11(27)5-3-9)23-13-7-10(20)6-12-14(13)17(15)24-25-19(12)28;;/h2-8,15-16,23,27H,1H3,(H,25,28);2*1H/t15-,16-;;/m1../s1. The number of benzene rings is 2. The minimum absolute atomic E-state index is 0. The van der Waals surface area contributed by atoms with Gasteiger partial charge in [0.15, 0.2) is 0 Å². The molecule has 3 heterocycles. The summed E-state index contributed by atoms with van der Waals surface area (Å²) in [5.74, 6) is -0.124. The molecule has 0 aliphatic carbocycles. The molecular weight excluding hydrogens is 363 g/mol. The summed E-state index contributed by atoms with van der Waals surface area (Å²) in [5.41, 5.74) is 1.46. The minimum Gasteiger partial charge on any atom is -0.508 e. The zero-order chi connectivity index (χ0) is 19.4. The van der Waals surface area contributed by atoms with Crippen molar-refractivity contribution >= 4 is 16.5 Å². The van der Waals surface area contributed by atoms with Crippen LogP contribution in [0.3, 0.4) is 0 Å². The molecule has 0 spiro atoms. The number of halogens is 1. The average Bonchev–Trinajstić information content (AvgIpc) is 3.10. The molecule has 0 bridgehead atoms. The molecule has 8 nitrogen and oxygen atoms in total. The molecule has 4 aromatic rings. The first-order valence-electron chi connectivity index (χ1n) is 8.64. The number of phenols is 1. The highest BCUT2D eigenvalue weighted by atomic mass is 19.1. The predicted octanol–water partition coefficient (Wildman–Crippen LogP) is 2.69. The number of H-pyrrole nitrogens is 1. The first-order valence-corrected chi connectivity index (χ1v) is 8.64. The normalized spacial score (nSPS) is 18.2. The maximum absolute atomic E-state index is 14.2. The lowest BCUT2D eigenvalue weighted by atomic mass is 9.83. The Balaban J connectivity index is 0.00000128. The Hall–Kier alpha value is -3.75. The summed E-state index contributed by atoms with van der Waals surface area (Å²) in [6.45, 7) is 0. The van der Waals surface area contributed by atoms with Crippen LogP contribution in [-0.4, -0.2) is 30.1 Å². The number of nitrogens with one attached hydrogen (secondary N) is 2. The highest BCUT2D eigenvalue weighted by molar-refractivity contribution is 5.97. The molecule has 0 amide bonds. The molecule has 1 aliphatic heterocycles. The van der Waals surface area contributed by atoms with E-state index in [0.29, 0.717) is 22.6 Å². The molecule has 28 heavy (non-hydrogen) atoms. The summed E-state index contributed by atoms with van der Waals surface area (Å²) < 4.78 is 15.8. The summed E-state index contributed by atoms with van der Waals surface area (Å²) in [7, 11) is 1.78. The van der Waals surface area contributed by atoms with Crippen LogP contribution in [0.1, 0.15) is 31.9 Å². The van der Waals surface area contributed by atoms with E-state index in [-0.39, 0.29) is 20.0 Å². The Labute approximate surface area is 160 Å². The van der Waals surface area contributed by atoms with Gasteiger partial charge in [0.2, 0.25) is 0 Å². The number of hydrogen-bond acceptors (Lipinski definition) is 6. The number of aryl methyl sites for hydroxylation is 1. The highest BCUT2D eigenvalue weighted by Crippen LogP contribution is 2.45. The first-order chi connectivity index (χ1) is 13.5. The molecule has 0 unspecified atom stereocenters. The van der Waals surface area contributed by atoms with Crippen molar-refractivity contribution in [2.45, 2.75) is 12.0 Å². The van der Waals surface area contributed by atoms with E-state index in [1.807, 2.05) is 0 Å². The van der Waals surface area contributed by atoms with E-state index in [1.54, 1.807) is 36.0 Å². The third-order valence-corrected chi connectivity index (χ3v) is 5.10. The SMILES string of the molecule is Cn1ncnc1[C@H]1c2n[nH]c(=O)c3cc(F)cc(c23)N[C@@H]1c1ccc(O)cc1.[HH].[HH]. The van der Waals surface area contributed by atoms with Gasteiger partial charge in [-0.3, -0.25) is 9.48 Å². The van der Waals surface area contributed by atoms with Gasteiger partial charge in [0, 0.05) is 21.0 Å². The van der Waals surface area contributed by atoms with Gasteiger partial charge in [-0.1, -0.05) is 12.1 Å². The van der Waals surface area contributed by atoms with Crippen LogP contribution in [-0.2, 0) is 7.05 Å². The van der Waals surface area contributed by atoms with Gasteiger partial charge in [0.25, 0.3) is 5.56 Å². The molecule has 9 heteroatoms. The van der Waals surface area contributed by atoms with E-state index < -0.39 is 17.3 Å². The van der Waals surface area contributed by atoms with Crippen molar-refractivity contribution < 1.29 is 12.4 Å². The van der Waals surface area contributed by atoms with Gasteiger partial charge >= 0.3 is 0 Å². The molecule has 0 saturated carbocycles. The average molecular weight is 382 g/mol. The van der Waals surface area contributed by atoms with Gasteiger partial charge in [-0.2, -0.15) is 10.2 Å².